The third-order valence-electron chi connectivity index (χ3n) is 2.63. The lowest BCUT2D eigenvalue weighted by atomic mass is 10.1. The van der Waals surface area contributed by atoms with E-state index in [9.17, 15) is 0 Å². The highest BCUT2D eigenvalue weighted by molar-refractivity contribution is 4.82. The fourth-order valence-electron chi connectivity index (χ4n) is 1.31. The zero-order chi connectivity index (χ0) is 12.1. The summed E-state index contributed by atoms with van der Waals surface area (Å²) in [6.45, 7) is 10.2. The normalized spacial score (nSPS) is 11.2. The van der Waals surface area contributed by atoms with Crippen molar-refractivity contribution in [2.45, 2.75) is 59.3 Å². The molecule has 0 spiro atoms. The molecule has 0 saturated carbocycles. The lowest BCUT2D eigenvalue weighted by molar-refractivity contribution is 0.118. The molecule has 2 heteroatoms. The van der Waals surface area contributed by atoms with E-state index in [0.717, 1.165) is 39.3 Å². The topological polar surface area (TPSA) is 18.5 Å². The van der Waals surface area contributed by atoms with Crippen molar-refractivity contribution in [2.75, 3.05) is 26.4 Å². The first-order chi connectivity index (χ1) is 7.81. The molecule has 0 aromatic carbocycles. The van der Waals surface area contributed by atoms with Gasteiger partial charge in [0.1, 0.15) is 0 Å². The van der Waals surface area contributed by atoms with Crippen LogP contribution in [0, 0.1) is 5.92 Å². The number of hydrogen-bond acceptors (Lipinski definition) is 2. The summed E-state index contributed by atoms with van der Waals surface area (Å²) >= 11 is 0. The third kappa shape index (κ3) is 12.0. The second-order valence-corrected chi connectivity index (χ2v) is 4.39. The van der Waals surface area contributed by atoms with E-state index in [4.69, 9.17) is 9.47 Å². The minimum absolute atomic E-state index is 0.876. The molecule has 0 N–H and O–H groups in total. The Balaban J connectivity index is 3.09. The van der Waals surface area contributed by atoms with Gasteiger partial charge in [-0.3, -0.25) is 0 Å². The third-order valence-corrected chi connectivity index (χ3v) is 2.63. The molecule has 0 aromatic rings. The van der Waals surface area contributed by atoms with Crippen molar-refractivity contribution in [1.82, 2.24) is 0 Å². The van der Waals surface area contributed by atoms with Gasteiger partial charge in [0, 0.05) is 26.4 Å². The van der Waals surface area contributed by atoms with Crippen LogP contribution in [0.2, 0.25) is 0 Å². The smallest absolute Gasteiger partial charge is 0.0471 e. The van der Waals surface area contributed by atoms with Gasteiger partial charge in [0.2, 0.25) is 0 Å². The molecular formula is C14H29O2. The van der Waals surface area contributed by atoms with Crippen molar-refractivity contribution in [2.24, 2.45) is 0 Å². The Morgan fingerprint density at radius 3 is 1.56 bits per heavy atom. The fourth-order valence-corrected chi connectivity index (χ4v) is 1.31. The first kappa shape index (κ1) is 15.9. The predicted octanol–water partition coefficient (Wildman–Crippen LogP) is 3.99. The highest BCUT2D eigenvalue weighted by atomic mass is 16.5. The summed E-state index contributed by atoms with van der Waals surface area (Å²) in [7, 11) is 0. The molecule has 0 fully saturated rings. The SMILES string of the molecule is CCCCOCC[C](C)CCOCCCC. The van der Waals surface area contributed by atoms with Crippen LogP contribution >= 0.6 is 0 Å². The van der Waals surface area contributed by atoms with Crippen LogP contribution in [0.3, 0.4) is 0 Å². The van der Waals surface area contributed by atoms with Gasteiger partial charge in [-0.1, -0.05) is 33.6 Å². The van der Waals surface area contributed by atoms with E-state index in [2.05, 4.69) is 20.8 Å². The van der Waals surface area contributed by atoms with Crippen LogP contribution < -0.4 is 0 Å². The van der Waals surface area contributed by atoms with Crippen LogP contribution in [0.5, 0.6) is 0 Å². The highest BCUT2D eigenvalue weighted by Crippen LogP contribution is 2.10. The Kier molecular flexibility index (Phi) is 12.9. The average molecular weight is 229 g/mol. The van der Waals surface area contributed by atoms with E-state index in [1.165, 1.54) is 31.6 Å². The molecule has 0 atom stereocenters. The Bertz CT molecular complexity index is 112. The van der Waals surface area contributed by atoms with Crippen LogP contribution in [-0.2, 0) is 9.47 Å². The van der Waals surface area contributed by atoms with Gasteiger partial charge in [0.05, 0.1) is 0 Å². The zero-order valence-corrected chi connectivity index (χ0v) is 11.4. The van der Waals surface area contributed by atoms with Gasteiger partial charge in [0.15, 0.2) is 0 Å². The van der Waals surface area contributed by atoms with E-state index >= 15 is 0 Å². The maximum atomic E-state index is 5.53. The molecule has 0 bridgehead atoms. The first-order valence-electron chi connectivity index (χ1n) is 6.78. The van der Waals surface area contributed by atoms with Gasteiger partial charge < -0.3 is 9.47 Å². The zero-order valence-electron chi connectivity index (χ0n) is 11.4. The summed E-state index contributed by atoms with van der Waals surface area (Å²) in [4.78, 5) is 0. The summed E-state index contributed by atoms with van der Waals surface area (Å²) in [6.07, 6.45) is 6.96. The molecule has 0 aliphatic heterocycles. The molecule has 16 heavy (non-hydrogen) atoms. The van der Waals surface area contributed by atoms with Gasteiger partial charge in [0.25, 0.3) is 0 Å². The predicted molar refractivity (Wildman–Crippen MR) is 69.6 cm³/mol. The van der Waals surface area contributed by atoms with Gasteiger partial charge in [-0.15, -0.1) is 0 Å². The number of unbranched alkanes of at least 4 members (excludes halogenated alkanes) is 2. The molecule has 0 amide bonds. The van der Waals surface area contributed by atoms with E-state index in [1.54, 1.807) is 0 Å². The second kappa shape index (κ2) is 13.0. The molecule has 0 aromatic heterocycles. The Morgan fingerprint density at radius 1 is 0.750 bits per heavy atom. The van der Waals surface area contributed by atoms with Crippen LogP contribution in [0.1, 0.15) is 59.3 Å². The quantitative estimate of drug-likeness (QED) is 0.471. The highest BCUT2D eigenvalue weighted by Gasteiger charge is 2.02. The van der Waals surface area contributed by atoms with Crippen molar-refractivity contribution in [3.05, 3.63) is 5.92 Å². The van der Waals surface area contributed by atoms with E-state index < -0.39 is 0 Å². The van der Waals surface area contributed by atoms with E-state index in [0.29, 0.717) is 0 Å². The fraction of sp³-hybridized carbons (Fsp3) is 0.929. The molecule has 0 saturated heterocycles. The Labute approximate surface area is 102 Å². The molecule has 1 radical (unpaired) electrons. The van der Waals surface area contributed by atoms with Crippen LogP contribution in [0.4, 0.5) is 0 Å². The Hall–Kier alpha value is -0.0800. The van der Waals surface area contributed by atoms with Crippen molar-refractivity contribution < 1.29 is 9.47 Å². The molecule has 0 rings (SSSR count). The maximum absolute atomic E-state index is 5.53. The van der Waals surface area contributed by atoms with Gasteiger partial charge in [-0.05, 0) is 31.6 Å². The minimum Gasteiger partial charge on any atom is -0.381 e. The number of hydrogen-bond donors (Lipinski definition) is 0. The molecule has 2 nitrogen and oxygen atoms in total. The Morgan fingerprint density at radius 2 is 1.19 bits per heavy atom. The number of rotatable bonds is 12. The van der Waals surface area contributed by atoms with Crippen molar-refractivity contribution in [1.29, 1.82) is 0 Å². The molecule has 0 heterocycles. The minimum atomic E-state index is 0.876. The second-order valence-electron chi connectivity index (χ2n) is 4.39. The van der Waals surface area contributed by atoms with Crippen LogP contribution in [-0.4, -0.2) is 26.4 Å². The van der Waals surface area contributed by atoms with Gasteiger partial charge in [-0.25, -0.2) is 0 Å². The largest absolute Gasteiger partial charge is 0.381 e. The van der Waals surface area contributed by atoms with Crippen molar-refractivity contribution in [3.8, 4) is 0 Å². The van der Waals surface area contributed by atoms with Crippen molar-refractivity contribution in [3.63, 3.8) is 0 Å². The average Bonchev–Trinajstić information content (AvgIpc) is 2.28. The standard InChI is InChI=1S/C14H29O2/c1-4-6-10-15-12-8-14(3)9-13-16-11-7-5-2/h4-13H2,1-3H3. The number of ether oxygens (including phenoxy) is 2. The first-order valence-corrected chi connectivity index (χ1v) is 6.78. The molecular weight excluding hydrogens is 200 g/mol. The lowest BCUT2D eigenvalue weighted by Gasteiger charge is -2.11. The maximum Gasteiger partial charge on any atom is 0.0471 e. The van der Waals surface area contributed by atoms with Crippen LogP contribution in [0.15, 0.2) is 0 Å². The van der Waals surface area contributed by atoms with Gasteiger partial charge in [-0.2, -0.15) is 0 Å². The van der Waals surface area contributed by atoms with E-state index in [-0.39, 0.29) is 0 Å². The monoisotopic (exact) mass is 229 g/mol. The summed E-state index contributed by atoms with van der Waals surface area (Å²) in [5.41, 5.74) is 0. The molecule has 0 unspecified atom stereocenters. The summed E-state index contributed by atoms with van der Waals surface area (Å²) in [6, 6.07) is 0. The van der Waals surface area contributed by atoms with Crippen LogP contribution in [0.25, 0.3) is 0 Å². The summed E-state index contributed by atoms with van der Waals surface area (Å²) in [5.74, 6) is 1.49. The van der Waals surface area contributed by atoms with Crippen molar-refractivity contribution >= 4 is 0 Å². The molecule has 97 valence electrons. The summed E-state index contributed by atoms with van der Waals surface area (Å²) < 4.78 is 11.1. The van der Waals surface area contributed by atoms with E-state index in [1.807, 2.05) is 0 Å². The summed E-state index contributed by atoms with van der Waals surface area (Å²) in [5, 5.41) is 0. The molecule has 0 aliphatic carbocycles. The lowest BCUT2D eigenvalue weighted by Crippen LogP contribution is -2.05. The van der Waals surface area contributed by atoms with Gasteiger partial charge >= 0.3 is 0 Å². The molecule has 0 aliphatic rings.